The number of carbonyl (C=O) groups excluding carboxylic acids is 1. The Morgan fingerprint density at radius 3 is 1.19 bits per heavy atom. The number of rotatable bonds is 57. The number of nitrogens with one attached hydrogen (secondary N) is 1. The van der Waals surface area contributed by atoms with Crippen LogP contribution in [0, 0.1) is 0 Å². The molecule has 3 atom stereocenters. The lowest BCUT2D eigenvalue weighted by Crippen LogP contribution is -2.45. The Kier molecular flexibility index (Phi) is 54.1. The molecule has 0 spiro atoms. The molecule has 0 aliphatic rings. The number of quaternary nitrogens is 1. The van der Waals surface area contributed by atoms with Gasteiger partial charge in [0.2, 0.25) is 5.91 Å². The molecule has 0 aliphatic heterocycles. The number of carbonyl (C=O) groups is 1. The molecular weight excluding hydrogens is 936 g/mol. The maximum absolute atomic E-state index is 13.0. The topological polar surface area (TPSA) is 108 Å². The van der Waals surface area contributed by atoms with E-state index in [4.69, 9.17) is 9.05 Å². The van der Waals surface area contributed by atoms with E-state index in [-0.39, 0.29) is 12.5 Å². The smallest absolute Gasteiger partial charge is 0.268 e. The summed E-state index contributed by atoms with van der Waals surface area (Å²) in [4.78, 5) is 25.5. The molecule has 2 N–H and O–H groups in total. The van der Waals surface area contributed by atoms with Gasteiger partial charge in [0.1, 0.15) is 13.2 Å². The molecule has 1 amide bonds. The Morgan fingerprint density at radius 2 is 0.797 bits per heavy atom. The molecule has 0 aromatic heterocycles. The van der Waals surface area contributed by atoms with E-state index < -0.39 is 26.6 Å². The summed E-state index contributed by atoms with van der Waals surface area (Å²) in [7, 11) is 1.23. The van der Waals surface area contributed by atoms with Crippen molar-refractivity contribution in [2.75, 3.05) is 40.9 Å². The summed E-state index contributed by atoms with van der Waals surface area (Å²) in [6, 6.07) is -0.919. The summed E-state index contributed by atoms with van der Waals surface area (Å²) >= 11 is 0. The number of likely N-dealkylation sites (N-methyl/N-ethyl adjacent to an activating group) is 1. The second-order valence-electron chi connectivity index (χ2n) is 22.4. The van der Waals surface area contributed by atoms with Gasteiger partial charge < -0.3 is 28.8 Å². The van der Waals surface area contributed by atoms with E-state index in [1.807, 2.05) is 27.2 Å². The molecular formula is C65H121N2O6P. The van der Waals surface area contributed by atoms with E-state index in [1.54, 1.807) is 6.08 Å². The molecule has 0 bridgehead atoms. The molecule has 0 heterocycles. The second-order valence-corrected chi connectivity index (χ2v) is 23.8. The second kappa shape index (κ2) is 55.7. The minimum atomic E-state index is -4.62. The molecule has 9 heteroatoms. The number of unbranched alkanes of at least 4 members (excludes halogenated alkanes) is 34. The van der Waals surface area contributed by atoms with Crippen molar-refractivity contribution in [3.63, 3.8) is 0 Å². The van der Waals surface area contributed by atoms with Gasteiger partial charge in [-0.3, -0.25) is 9.36 Å². The fraction of sp³-hybridized carbons (Fsp3) is 0.800. The van der Waals surface area contributed by atoms with Gasteiger partial charge in [-0.15, -0.1) is 0 Å². The number of phosphoric acid groups is 1. The number of nitrogens with zero attached hydrogens (tertiary/aromatic N) is 1. The van der Waals surface area contributed by atoms with Gasteiger partial charge >= 0.3 is 0 Å². The fourth-order valence-electron chi connectivity index (χ4n) is 8.96. The van der Waals surface area contributed by atoms with Gasteiger partial charge in [0.05, 0.1) is 39.9 Å². The van der Waals surface area contributed by atoms with Gasteiger partial charge in [-0.25, -0.2) is 0 Å². The summed E-state index contributed by atoms with van der Waals surface area (Å²) in [5.41, 5.74) is 0. The van der Waals surface area contributed by atoms with E-state index in [1.165, 1.54) is 193 Å². The Labute approximate surface area is 459 Å². The van der Waals surface area contributed by atoms with E-state index in [0.717, 1.165) is 70.6 Å². The van der Waals surface area contributed by atoms with Crippen LogP contribution in [0.2, 0.25) is 0 Å². The minimum absolute atomic E-state index is 0.0133. The number of hydrogen-bond donors (Lipinski definition) is 2. The van der Waals surface area contributed by atoms with Crippen LogP contribution in [-0.4, -0.2) is 68.5 Å². The third-order valence-electron chi connectivity index (χ3n) is 13.9. The van der Waals surface area contributed by atoms with Crippen LogP contribution in [0.3, 0.4) is 0 Å². The van der Waals surface area contributed by atoms with Crippen LogP contribution in [0.25, 0.3) is 0 Å². The first-order chi connectivity index (χ1) is 36.0. The Hall–Kier alpha value is -2.06. The largest absolute Gasteiger partial charge is 0.756 e. The third kappa shape index (κ3) is 57.6. The molecule has 8 nitrogen and oxygen atoms in total. The number of amides is 1. The Morgan fingerprint density at radius 1 is 0.473 bits per heavy atom. The SMILES string of the molecule is CCCCCCC/C=C\C/C=C\C/C=C\CCCCCCCCCCC(=O)NC(COP(=O)([O-])OCC[N+](C)(C)C)C(O)/C=C/CC/C=C/CC/C=C/CCCCCCCCCCCCCCCCCCCCC. The van der Waals surface area contributed by atoms with Gasteiger partial charge in [-0.05, 0) is 83.5 Å². The molecule has 0 saturated heterocycles. The summed E-state index contributed by atoms with van der Waals surface area (Å²) < 4.78 is 23.4. The monoisotopic (exact) mass is 1060 g/mol. The molecule has 0 rings (SSSR count). The lowest BCUT2D eigenvalue weighted by atomic mass is 10.0. The summed E-state index contributed by atoms with van der Waals surface area (Å²) in [6.45, 7) is 4.62. The maximum atomic E-state index is 13.0. The number of aliphatic hydroxyl groups is 1. The maximum Gasteiger partial charge on any atom is 0.268 e. The van der Waals surface area contributed by atoms with Gasteiger partial charge in [0, 0.05) is 6.42 Å². The number of aliphatic hydroxyl groups excluding tert-OH is 1. The first-order valence-corrected chi connectivity index (χ1v) is 32.8. The first-order valence-electron chi connectivity index (χ1n) is 31.3. The van der Waals surface area contributed by atoms with Crippen molar-refractivity contribution < 1.29 is 32.9 Å². The average molecular weight is 1060 g/mol. The average Bonchev–Trinajstić information content (AvgIpc) is 3.36. The molecule has 0 aliphatic carbocycles. The van der Waals surface area contributed by atoms with Crippen molar-refractivity contribution in [3.05, 3.63) is 72.9 Å². The molecule has 3 unspecified atom stereocenters. The Bertz CT molecular complexity index is 1430. The van der Waals surface area contributed by atoms with Crippen molar-refractivity contribution in [2.24, 2.45) is 0 Å². The van der Waals surface area contributed by atoms with Crippen LogP contribution in [0.15, 0.2) is 72.9 Å². The van der Waals surface area contributed by atoms with Crippen molar-refractivity contribution in [1.29, 1.82) is 0 Å². The molecule has 0 aromatic rings. The van der Waals surface area contributed by atoms with Gasteiger partial charge in [-0.1, -0.05) is 267 Å². The van der Waals surface area contributed by atoms with Crippen LogP contribution in [0.1, 0.15) is 284 Å². The van der Waals surface area contributed by atoms with Crippen LogP contribution in [0.5, 0.6) is 0 Å². The quantitative estimate of drug-likeness (QED) is 0.0272. The number of hydrogen-bond acceptors (Lipinski definition) is 6. The lowest BCUT2D eigenvalue weighted by Gasteiger charge is -2.29. The van der Waals surface area contributed by atoms with Crippen LogP contribution in [-0.2, 0) is 18.4 Å². The zero-order valence-electron chi connectivity index (χ0n) is 49.3. The van der Waals surface area contributed by atoms with Gasteiger partial charge in [0.25, 0.3) is 7.82 Å². The van der Waals surface area contributed by atoms with E-state index in [2.05, 4.69) is 79.9 Å². The van der Waals surface area contributed by atoms with Crippen LogP contribution in [0.4, 0.5) is 0 Å². The molecule has 0 aromatic carbocycles. The summed E-state index contributed by atoms with van der Waals surface area (Å²) in [5, 5.41) is 13.9. The van der Waals surface area contributed by atoms with Crippen LogP contribution < -0.4 is 10.2 Å². The molecule has 0 saturated carbocycles. The summed E-state index contributed by atoms with van der Waals surface area (Å²) in [5.74, 6) is -0.218. The Balaban J connectivity index is 4.25. The highest BCUT2D eigenvalue weighted by Gasteiger charge is 2.23. The van der Waals surface area contributed by atoms with Crippen LogP contribution >= 0.6 is 7.82 Å². The fourth-order valence-corrected chi connectivity index (χ4v) is 9.68. The first kappa shape index (κ1) is 71.9. The van der Waals surface area contributed by atoms with Crippen molar-refractivity contribution in [1.82, 2.24) is 5.32 Å². The summed E-state index contributed by atoms with van der Waals surface area (Å²) in [6.07, 6.45) is 77.1. The molecule has 0 fully saturated rings. The highest BCUT2D eigenvalue weighted by atomic mass is 31.2. The third-order valence-corrected chi connectivity index (χ3v) is 14.8. The van der Waals surface area contributed by atoms with Crippen molar-refractivity contribution >= 4 is 13.7 Å². The highest BCUT2D eigenvalue weighted by molar-refractivity contribution is 7.45. The molecule has 432 valence electrons. The highest BCUT2D eigenvalue weighted by Crippen LogP contribution is 2.38. The standard InChI is InChI=1S/C65H121N2O6P/c1-6-8-10-12-14-16-18-20-22-24-26-28-30-31-32-33-34-35-37-38-40-42-44-46-48-50-52-54-56-58-64(68)63(62-73-74(70,71)72-61-60-67(3,4)5)66-65(69)59-57-55-53-51-49-47-45-43-41-39-36-29-27-25-23-21-19-17-15-13-11-9-7-2/h19,21,25,27,36,39-40,42,48,50,56,58,63-64,68H,6-18,20,22-24,26,28-35,37-38,41,43-47,49,51-55,57,59-62H2,1-5H3,(H-,66,69,70,71)/b21-19-,27-25-,39-36-,42-40+,50-48+,58-56+. The number of allylic oxidation sites excluding steroid dienone is 11. The predicted octanol–water partition coefficient (Wildman–Crippen LogP) is 18.8. The number of phosphoric ester groups is 1. The minimum Gasteiger partial charge on any atom is -0.756 e. The van der Waals surface area contributed by atoms with Crippen molar-refractivity contribution in [3.8, 4) is 0 Å². The zero-order valence-corrected chi connectivity index (χ0v) is 50.2. The predicted molar refractivity (Wildman–Crippen MR) is 320 cm³/mol. The van der Waals surface area contributed by atoms with E-state index in [9.17, 15) is 19.4 Å². The van der Waals surface area contributed by atoms with Crippen molar-refractivity contribution in [2.45, 2.75) is 296 Å². The normalized spacial score (nSPS) is 14.3. The van der Waals surface area contributed by atoms with Gasteiger partial charge in [-0.2, -0.15) is 0 Å². The zero-order chi connectivity index (χ0) is 54.2. The van der Waals surface area contributed by atoms with Gasteiger partial charge in [0.15, 0.2) is 0 Å². The molecule has 0 radical (unpaired) electrons. The lowest BCUT2D eigenvalue weighted by molar-refractivity contribution is -0.870. The van der Waals surface area contributed by atoms with E-state index >= 15 is 0 Å². The molecule has 74 heavy (non-hydrogen) atoms. The van der Waals surface area contributed by atoms with E-state index in [0.29, 0.717) is 17.4 Å².